The van der Waals surface area contributed by atoms with E-state index in [4.69, 9.17) is 19.2 Å². The topological polar surface area (TPSA) is 112 Å². The Bertz CT molecular complexity index is 1790. The zero-order chi connectivity index (χ0) is 35.6. The van der Waals surface area contributed by atoms with Crippen molar-refractivity contribution in [1.82, 2.24) is 14.9 Å². The lowest BCUT2D eigenvalue weighted by Gasteiger charge is -2.38. The number of aromatic nitrogens is 2. The van der Waals surface area contributed by atoms with E-state index in [1.807, 2.05) is 13.8 Å². The lowest BCUT2D eigenvalue weighted by Crippen LogP contribution is -2.53. The number of hydrogen-bond acceptors (Lipinski definition) is 8. The molecule has 3 aromatic rings. The molecular weight excluding hydrogens is 655 g/mol. The van der Waals surface area contributed by atoms with Gasteiger partial charge in [0.2, 0.25) is 0 Å². The number of anilines is 1. The van der Waals surface area contributed by atoms with Crippen LogP contribution >= 0.6 is 0 Å². The summed E-state index contributed by atoms with van der Waals surface area (Å²) < 4.78 is 88.7. The molecule has 2 aliphatic rings. The number of alkyl halides is 3. The van der Waals surface area contributed by atoms with Crippen LogP contribution in [-0.2, 0) is 47.0 Å². The van der Waals surface area contributed by atoms with E-state index in [9.17, 15) is 27.6 Å². The van der Waals surface area contributed by atoms with Crippen molar-refractivity contribution in [3.8, 4) is 17.0 Å². The number of benzene rings is 2. The molecule has 5 rings (SSSR count). The van der Waals surface area contributed by atoms with Crippen LogP contribution in [0.5, 0.6) is 5.75 Å². The third kappa shape index (κ3) is 7.12. The minimum absolute atomic E-state index is 0.0906. The second kappa shape index (κ2) is 14.5. The van der Waals surface area contributed by atoms with Gasteiger partial charge in [-0.25, -0.2) is 18.6 Å². The minimum Gasteiger partial charge on any atom is -0.493 e. The molecule has 1 saturated heterocycles. The van der Waals surface area contributed by atoms with Gasteiger partial charge in [0.1, 0.15) is 40.7 Å². The summed E-state index contributed by atoms with van der Waals surface area (Å²) in [4.78, 5) is 45.0. The Hall–Kier alpha value is -4.53. The van der Waals surface area contributed by atoms with E-state index in [-0.39, 0.29) is 30.8 Å². The van der Waals surface area contributed by atoms with Crippen molar-refractivity contribution in [3.63, 3.8) is 0 Å². The molecule has 0 aliphatic carbocycles. The maximum Gasteiger partial charge on any atom is 0.411 e. The van der Waals surface area contributed by atoms with Crippen molar-refractivity contribution in [3.05, 3.63) is 74.3 Å². The quantitative estimate of drug-likeness (QED) is 0.259. The number of aryl methyl sites for hydroxylation is 1. The Balaban J connectivity index is 1.46. The number of amides is 1. The molecule has 2 atom stereocenters. The average molecular weight is 693 g/mol. The number of carbonyl (C=O) groups is 2. The molecule has 0 spiro atoms. The van der Waals surface area contributed by atoms with E-state index in [0.717, 1.165) is 23.4 Å². The van der Waals surface area contributed by atoms with Gasteiger partial charge in [-0.1, -0.05) is 19.9 Å². The summed E-state index contributed by atoms with van der Waals surface area (Å²) in [6.45, 7) is 3.18. The number of halogens is 5. The van der Waals surface area contributed by atoms with E-state index in [1.165, 1.54) is 0 Å². The molecule has 0 bridgehead atoms. The van der Waals surface area contributed by atoms with Gasteiger partial charge >= 0.3 is 12.1 Å². The number of esters is 1. The first-order chi connectivity index (χ1) is 23.3. The first-order valence-corrected chi connectivity index (χ1v) is 16.0. The van der Waals surface area contributed by atoms with E-state index in [1.54, 1.807) is 23.7 Å². The van der Waals surface area contributed by atoms with Crippen molar-refractivity contribution in [2.75, 3.05) is 38.4 Å². The predicted molar refractivity (Wildman–Crippen MR) is 169 cm³/mol. The van der Waals surface area contributed by atoms with Gasteiger partial charge in [-0.05, 0) is 55.0 Å². The van der Waals surface area contributed by atoms with Gasteiger partial charge in [0, 0.05) is 37.0 Å². The van der Waals surface area contributed by atoms with Crippen molar-refractivity contribution < 1.29 is 45.8 Å². The van der Waals surface area contributed by atoms with Crippen molar-refractivity contribution >= 4 is 17.6 Å². The Morgan fingerprint density at radius 3 is 2.47 bits per heavy atom. The van der Waals surface area contributed by atoms with E-state index < -0.39 is 59.6 Å². The lowest BCUT2D eigenvalue weighted by molar-refractivity contribution is -0.167. The molecule has 0 unspecified atom stereocenters. The Morgan fingerprint density at radius 2 is 1.84 bits per heavy atom. The number of methoxy groups -OCH3 is 1. The van der Waals surface area contributed by atoms with Crippen LogP contribution in [0.2, 0.25) is 0 Å². The molecule has 3 heterocycles. The highest BCUT2D eigenvalue weighted by Crippen LogP contribution is 2.38. The van der Waals surface area contributed by atoms with Gasteiger partial charge in [-0.3, -0.25) is 9.59 Å². The van der Waals surface area contributed by atoms with Crippen LogP contribution < -0.4 is 20.5 Å². The standard InChI is InChI=1S/C34H37F5N4O6/c1-5-24-26(6-2)42(3)32(45)29(40-24)21-10-9-18(20-8-7-12-49-30(20)21)14-25(33(46)47-4)41-31(44)28-22(35)15-19(16-23(28)36)43-11-13-48-17-27(43)34(37,38)39/h9-10,15-16,25,27H,5-8,11-14,17H2,1-4H3,(H,41,44)/t25-,27+/m0/s1. The van der Waals surface area contributed by atoms with Crippen LogP contribution in [0.3, 0.4) is 0 Å². The zero-order valence-corrected chi connectivity index (χ0v) is 27.5. The van der Waals surface area contributed by atoms with Gasteiger partial charge in [0.25, 0.3) is 11.5 Å². The monoisotopic (exact) mass is 692 g/mol. The normalized spacial score (nSPS) is 16.8. The number of morpholine rings is 1. The molecule has 0 saturated carbocycles. The largest absolute Gasteiger partial charge is 0.493 e. The second-order valence-corrected chi connectivity index (χ2v) is 11.8. The van der Waals surface area contributed by atoms with Gasteiger partial charge in [-0.15, -0.1) is 0 Å². The second-order valence-electron chi connectivity index (χ2n) is 11.8. The number of rotatable bonds is 9. The lowest BCUT2D eigenvalue weighted by atomic mass is 9.91. The van der Waals surface area contributed by atoms with E-state index in [2.05, 4.69) is 5.32 Å². The Labute approximate surface area is 279 Å². The molecule has 2 aromatic carbocycles. The molecular formula is C34H37F5N4O6. The summed E-state index contributed by atoms with van der Waals surface area (Å²) in [6, 6.07) is 1.09. The smallest absolute Gasteiger partial charge is 0.411 e. The summed E-state index contributed by atoms with van der Waals surface area (Å²) in [7, 11) is 2.78. The maximum atomic E-state index is 15.3. The Morgan fingerprint density at radius 1 is 1.12 bits per heavy atom. The number of nitrogens with one attached hydrogen (secondary N) is 1. The fraction of sp³-hybridized carbons (Fsp3) is 0.471. The zero-order valence-electron chi connectivity index (χ0n) is 27.5. The van der Waals surface area contributed by atoms with Crippen LogP contribution in [0.15, 0.2) is 29.1 Å². The van der Waals surface area contributed by atoms with Gasteiger partial charge in [0.15, 0.2) is 0 Å². The molecule has 15 heteroatoms. The highest BCUT2D eigenvalue weighted by molar-refractivity contribution is 5.97. The molecule has 264 valence electrons. The third-order valence-electron chi connectivity index (χ3n) is 8.90. The van der Waals surface area contributed by atoms with Crippen LogP contribution in [0, 0.1) is 11.6 Å². The maximum absolute atomic E-state index is 15.3. The van der Waals surface area contributed by atoms with Crippen LogP contribution in [-0.4, -0.2) is 73.2 Å². The molecule has 1 aromatic heterocycles. The molecule has 49 heavy (non-hydrogen) atoms. The van der Waals surface area contributed by atoms with E-state index >= 15 is 8.78 Å². The molecule has 1 amide bonds. The highest BCUT2D eigenvalue weighted by atomic mass is 19.4. The first kappa shape index (κ1) is 35.8. The van der Waals surface area contributed by atoms with Gasteiger partial charge in [0.05, 0.1) is 32.6 Å². The summed E-state index contributed by atoms with van der Waals surface area (Å²) in [5.41, 5.74) is 1.77. The average Bonchev–Trinajstić information content (AvgIpc) is 3.08. The Kier molecular flexibility index (Phi) is 10.6. The number of carbonyl (C=O) groups excluding carboxylic acids is 2. The van der Waals surface area contributed by atoms with Crippen LogP contribution in [0.4, 0.5) is 27.6 Å². The number of hydrogen-bond donors (Lipinski definition) is 1. The summed E-state index contributed by atoms with van der Waals surface area (Å²) in [5, 5.41) is 2.33. The van der Waals surface area contributed by atoms with Crippen molar-refractivity contribution in [2.45, 2.75) is 64.2 Å². The van der Waals surface area contributed by atoms with Crippen LogP contribution in [0.25, 0.3) is 11.3 Å². The summed E-state index contributed by atoms with van der Waals surface area (Å²) in [5.74, 6) is -4.60. The van der Waals surface area contributed by atoms with Crippen molar-refractivity contribution in [1.29, 1.82) is 0 Å². The molecule has 0 radical (unpaired) electrons. The third-order valence-corrected chi connectivity index (χ3v) is 8.90. The fourth-order valence-electron chi connectivity index (χ4n) is 6.44. The van der Waals surface area contributed by atoms with E-state index in [0.29, 0.717) is 66.9 Å². The van der Waals surface area contributed by atoms with Crippen LogP contribution in [0.1, 0.15) is 53.1 Å². The summed E-state index contributed by atoms with van der Waals surface area (Å²) in [6.07, 6.45) is -2.52. The van der Waals surface area contributed by atoms with Gasteiger partial charge < -0.3 is 29.0 Å². The number of ether oxygens (including phenoxy) is 3. The molecule has 1 fully saturated rings. The van der Waals surface area contributed by atoms with Crippen molar-refractivity contribution in [2.24, 2.45) is 7.05 Å². The number of fused-ring (bicyclic) bond motifs is 1. The SMILES string of the molecule is CCc1nc(-c2ccc(C[C@H](NC(=O)c3c(F)cc(N4CCOC[C@@H]4C(F)(F)F)cc3F)C(=O)OC)c3c2OCCC3)c(=O)n(C)c1CC. The molecule has 2 aliphatic heterocycles. The molecule has 1 N–H and O–H groups in total. The minimum atomic E-state index is -4.73. The highest BCUT2D eigenvalue weighted by Gasteiger charge is 2.46. The molecule has 10 nitrogen and oxygen atoms in total. The first-order valence-electron chi connectivity index (χ1n) is 16.0. The fourth-order valence-corrected chi connectivity index (χ4v) is 6.44. The summed E-state index contributed by atoms with van der Waals surface area (Å²) >= 11 is 0. The number of nitrogens with zero attached hydrogens (tertiary/aromatic N) is 3. The predicted octanol–water partition coefficient (Wildman–Crippen LogP) is 4.46. The van der Waals surface area contributed by atoms with Gasteiger partial charge in [-0.2, -0.15) is 13.2 Å².